The third-order valence-corrected chi connectivity index (χ3v) is 5.30. The first-order valence-corrected chi connectivity index (χ1v) is 10.1. The summed E-state index contributed by atoms with van der Waals surface area (Å²) in [4.78, 5) is 12.4. The zero-order valence-electron chi connectivity index (χ0n) is 17.3. The summed E-state index contributed by atoms with van der Waals surface area (Å²) in [7, 11) is 1.57. The first-order chi connectivity index (χ1) is 15.2. The Labute approximate surface area is 181 Å². The number of fused-ring (bicyclic) bond motifs is 2. The smallest absolute Gasteiger partial charge is 0.262 e. The number of carbonyl (C=O) groups excluding carboxylic acids is 1. The predicted octanol–water partition coefficient (Wildman–Crippen LogP) is 4.51. The highest BCUT2D eigenvalue weighted by atomic mass is 16.5. The Bertz CT molecular complexity index is 1310. The van der Waals surface area contributed by atoms with Gasteiger partial charge in [-0.05, 0) is 28.5 Å². The summed E-state index contributed by atoms with van der Waals surface area (Å²) in [6, 6.07) is 24.7. The average Bonchev–Trinajstić information content (AvgIpc) is 3.15. The van der Waals surface area contributed by atoms with Crippen LogP contribution in [0.5, 0.6) is 0 Å². The number of nitrogens with zero attached hydrogens (tertiary/aromatic N) is 2. The number of aromatic nitrogens is 1. The highest BCUT2D eigenvalue weighted by Gasteiger charge is 2.13. The van der Waals surface area contributed by atoms with Crippen LogP contribution in [0.4, 0.5) is 0 Å². The van der Waals surface area contributed by atoms with E-state index in [-0.39, 0.29) is 5.57 Å². The minimum atomic E-state index is -0.398. The molecular weight excluding hydrogens is 386 g/mol. The van der Waals surface area contributed by atoms with Gasteiger partial charge in [0.1, 0.15) is 11.6 Å². The van der Waals surface area contributed by atoms with Crippen LogP contribution in [0.3, 0.4) is 0 Å². The number of methoxy groups -OCH3 is 1. The van der Waals surface area contributed by atoms with E-state index in [1.165, 1.54) is 16.3 Å². The molecule has 0 aliphatic rings. The van der Waals surface area contributed by atoms with Gasteiger partial charge < -0.3 is 14.6 Å². The number of nitriles is 1. The molecule has 1 amide bonds. The lowest BCUT2D eigenvalue weighted by Gasteiger charge is -2.09. The maximum atomic E-state index is 12.4. The number of amides is 1. The lowest BCUT2D eigenvalue weighted by molar-refractivity contribution is -0.117. The second-order valence-corrected chi connectivity index (χ2v) is 7.29. The van der Waals surface area contributed by atoms with Crippen LogP contribution in [-0.4, -0.2) is 30.7 Å². The summed E-state index contributed by atoms with van der Waals surface area (Å²) in [5.41, 5.74) is 3.18. The lowest BCUT2D eigenvalue weighted by Crippen LogP contribution is -2.27. The van der Waals surface area contributed by atoms with E-state index in [4.69, 9.17) is 4.74 Å². The molecule has 0 atom stereocenters. The van der Waals surface area contributed by atoms with Gasteiger partial charge in [-0.3, -0.25) is 4.79 Å². The van der Waals surface area contributed by atoms with Crippen LogP contribution in [0.1, 0.15) is 11.1 Å². The van der Waals surface area contributed by atoms with Crippen molar-refractivity contribution in [3.05, 3.63) is 89.6 Å². The molecule has 1 heterocycles. The molecule has 0 saturated heterocycles. The van der Waals surface area contributed by atoms with E-state index >= 15 is 0 Å². The Balaban J connectivity index is 1.72. The molecule has 0 aliphatic heterocycles. The van der Waals surface area contributed by atoms with E-state index in [9.17, 15) is 10.1 Å². The molecule has 1 aromatic heterocycles. The third kappa shape index (κ3) is 4.35. The Morgan fingerprint density at radius 3 is 2.61 bits per heavy atom. The van der Waals surface area contributed by atoms with Gasteiger partial charge in [0.25, 0.3) is 5.91 Å². The summed E-state index contributed by atoms with van der Waals surface area (Å²) < 4.78 is 7.12. The average molecular weight is 409 g/mol. The molecule has 0 radical (unpaired) electrons. The van der Waals surface area contributed by atoms with E-state index in [1.54, 1.807) is 13.2 Å². The molecule has 1 N–H and O–H groups in total. The van der Waals surface area contributed by atoms with Gasteiger partial charge in [0, 0.05) is 42.9 Å². The van der Waals surface area contributed by atoms with Gasteiger partial charge in [0.15, 0.2) is 0 Å². The molecule has 4 rings (SSSR count). The standard InChI is InChI=1S/C26H23N3O2/c1-31-14-13-28-26(30)21(16-27)15-22-18-29(25-12-5-4-11-24(22)25)17-20-9-6-8-19-7-2-3-10-23(19)20/h2-12,15,18H,13-14,17H2,1H3,(H,28,30)/b21-15+. The molecular formula is C26H23N3O2. The molecule has 4 aromatic rings. The van der Waals surface area contributed by atoms with Gasteiger partial charge in [-0.1, -0.05) is 60.7 Å². The van der Waals surface area contributed by atoms with Crippen molar-refractivity contribution >= 4 is 33.7 Å². The fourth-order valence-electron chi connectivity index (χ4n) is 3.80. The molecule has 0 saturated carbocycles. The number of para-hydroxylation sites is 1. The van der Waals surface area contributed by atoms with Crippen molar-refractivity contribution in [3.8, 4) is 6.07 Å². The highest BCUT2D eigenvalue weighted by Crippen LogP contribution is 2.26. The second kappa shape index (κ2) is 9.29. The number of carbonyl (C=O) groups is 1. The van der Waals surface area contributed by atoms with E-state index in [2.05, 4.69) is 52.3 Å². The van der Waals surface area contributed by atoms with Crippen LogP contribution in [0.25, 0.3) is 27.8 Å². The Morgan fingerprint density at radius 1 is 1.06 bits per heavy atom. The highest BCUT2D eigenvalue weighted by molar-refractivity contribution is 6.04. The largest absolute Gasteiger partial charge is 0.383 e. The van der Waals surface area contributed by atoms with Crippen LogP contribution >= 0.6 is 0 Å². The molecule has 3 aromatic carbocycles. The minimum absolute atomic E-state index is 0.0733. The summed E-state index contributed by atoms with van der Waals surface area (Å²) >= 11 is 0. The predicted molar refractivity (Wildman–Crippen MR) is 123 cm³/mol. The quantitative estimate of drug-likeness (QED) is 0.277. The molecule has 0 bridgehead atoms. The Hall–Kier alpha value is -3.88. The number of nitrogens with one attached hydrogen (secondary N) is 1. The van der Waals surface area contributed by atoms with Crippen LogP contribution in [0.15, 0.2) is 78.5 Å². The van der Waals surface area contributed by atoms with Crippen LogP contribution < -0.4 is 5.32 Å². The third-order valence-electron chi connectivity index (χ3n) is 5.30. The van der Waals surface area contributed by atoms with Crippen LogP contribution in [-0.2, 0) is 16.1 Å². The SMILES string of the molecule is COCCNC(=O)/C(C#N)=C/c1cn(Cc2cccc3ccccc23)c2ccccc12. The monoisotopic (exact) mass is 409 g/mol. The second-order valence-electron chi connectivity index (χ2n) is 7.29. The van der Waals surface area contributed by atoms with Gasteiger partial charge in [0.2, 0.25) is 0 Å². The molecule has 154 valence electrons. The van der Waals surface area contributed by atoms with Crippen molar-refractivity contribution in [2.45, 2.75) is 6.54 Å². The normalized spacial score (nSPS) is 11.5. The summed E-state index contributed by atoms with van der Waals surface area (Å²) in [6.45, 7) is 1.45. The maximum Gasteiger partial charge on any atom is 0.262 e. The fraction of sp³-hybridized carbons (Fsp3) is 0.154. The zero-order valence-corrected chi connectivity index (χ0v) is 17.3. The lowest BCUT2D eigenvalue weighted by atomic mass is 10.0. The Morgan fingerprint density at radius 2 is 1.81 bits per heavy atom. The maximum absolute atomic E-state index is 12.4. The number of ether oxygens (including phenoxy) is 1. The summed E-state index contributed by atoms with van der Waals surface area (Å²) in [5.74, 6) is -0.398. The number of hydrogen-bond donors (Lipinski definition) is 1. The van der Waals surface area contributed by atoms with Crippen LogP contribution in [0, 0.1) is 11.3 Å². The van der Waals surface area contributed by atoms with Gasteiger partial charge in [0.05, 0.1) is 6.61 Å². The molecule has 5 heteroatoms. The van der Waals surface area contributed by atoms with Gasteiger partial charge in [-0.15, -0.1) is 0 Å². The molecule has 0 unspecified atom stereocenters. The molecule has 0 fully saturated rings. The fourth-order valence-corrected chi connectivity index (χ4v) is 3.80. The molecule has 5 nitrogen and oxygen atoms in total. The van der Waals surface area contributed by atoms with E-state index in [0.29, 0.717) is 19.7 Å². The minimum Gasteiger partial charge on any atom is -0.383 e. The first kappa shape index (κ1) is 20.4. The Kier molecular flexibility index (Phi) is 6.11. The van der Waals surface area contributed by atoms with E-state index in [1.807, 2.05) is 36.5 Å². The van der Waals surface area contributed by atoms with Crippen LogP contribution in [0.2, 0.25) is 0 Å². The van der Waals surface area contributed by atoms with Gasteiger partial charge >= 0.3 is 0 Å². The molecule has 31 heavy (non-hydrogen) atoms. The zero-order chi connectivity index (χ0) is 21.6. The van der Waals surface area contributed by atoms with Crippen molar-refractivity contribution in [1.29, 1.82) is 5.26 Å². The molecule has 0 aliphatic carbocycles. The number of hydrogen-bond acceptors (Lipinski definition) is 3. The van der Waals surface area contributed by atoms with Crippen molar-refractivity contribution in [3.63, 3.8) is 0 Å². The summed E-state index contributed by atoms with van der Waals surface area (Å²) in [6.07, 6.45) is 3.66. The van der Waals surface area contributed by atoms with Crippen molar-refractivity contribution in [1.82, 2.24) is 9.88 Å². The van der Waals surface area contributed by atoms with E-state index < -0.39 is 5.91 Å². The van der Waals surface area contributed by atoms with Crippen molar-refractivity contribution in [2.24, 2.45) is 0 Å². The van der Waals surface area contributed by atoms with Crippen molar-refractivity contribution in [2.75, 3.05) is 20.3 Å². The van der Waals surface area contributed by atoms with E-state index in [0.717, 1.165) is 16.5 Å². The molecule has 0 spiro atoms. The van der Waals surface area contributed by atoms with Gasteiger partial charge in [-0.25, -0.2) is 0 Å². The summed E-state index contributed by atoms with van der Waals surface area (Å²) in [5, 5.41) is 15.7. The van der Waals surface area contributed by atoms with Crippen molar-refractivity contribution < 1.29 is 9.53 Å². The number of benzene rings is 3. The van der Waals surface area contributed by atoms with Gasteiger partial charge in [-0.2, -0.15) is 5.26 Å². The topological polar surface area (TPSA) is 67.0 Å². The number of rotatable bonds is 7. The first-order valence-electron chi connectivity index (χ1n) is 10.1.